The Balaban J connectivity index is 2.23. The van der Waals surface area contributed by atoms with Crippen LogP contribution in [0.3, 0.4) is 0 Å². The summed E-state index contributed by atoms with van der Waals surface area (Å²) in [6.45, 7) is 0. The topological polar surface area (TPSA) is 93.3 Å². The smallest absolute Gasteiger partial charge is 0.335 e. The van der Waals surface area contributed by atoms with Crippen LogP contribution >= 0.6 is 0 Å². The maximum Gasteiger partial charge on any atom is 0.335 e. The van der Waals surface area contributed by atoms with E-state index in [9.17, 15) is 9.59 Å². The zero-order chi connectivity index (χ0) is 14.3. The minimum atomic E-state index is -0.975. The second-order valence-corrected chi connectivity index (χ2v) is 4.77. The van der Waals surface area contributed by atoms with Gasteiger partial charge in [-0.2, -0.15) is 0 Å². The second kappa shape index (κ2) is 4.45. The number of anilines is 1. The summed E-state index contributed by atoms with van der Waals surface area (Å²) in [5.74, 6) is -0.801. The van der Waals surface area contributed by atoms with Crippen molar-refractivity contribution in [1.29, 1.82) is 0 Å². The first-order chi connectivity index (χ1) is 9.60. The predicted molar refractivity (Wildman–Crippen MR) is 73.8 cm³/mol. The molecule has 0 fully saturated rings. The van der Waals surface area contributed by atoms with Crippen LogP contribution in [-0.4, -0.2) is 22.3 Å². The number of aryl methyl sites for hydroxylation is 2. The van der Waals surface area contributed by atoms with Gasteiger partial charge in [0.15, 0.2) is 6.29 Å². The maximum absolute atomic E-state index is 11.1. The minimum absolute atomic E-state index is 0.173. The Bertz CT molecular complexity index is 738. The molecule has 1 aromatic heterocycles. The Morgan fingerprint density at radius 1 is 1.25 bits per heavy atom. The van der Waals surface area contributed by atoms with Crippen LogP contribution in [0.2, 0.25) is 0 Å². The van der Waals surface area contributed by atoms with E-state index in [1.165, 1.54) is 0 Å². The van der Waals surface area contributed by atoms with Gasteiger partial charge in [-0.25, -0.2) is 9.78 Å². The first kappa shape index (κ1) is 12.3. The highest BCUT2D eigenvalue weighted by Crippen LogP contribution is 2.34. The largest absolute Gasteiger partial charge is 0.478 e. The molecule has 5 heteroatoms. The molecule has 3 rings (SSSR count). The van der Waals surface area contributed by atoms with Gasteiger partial charge in [-0.3, -0.25) is 4.79 Å². The number of carboxylic acid groups (broad SMARTS) is 1. The van der Waals surface area contributed by atoms with Crippen molar-refractivity contribution in [2.75, 3.05) is 5.73 Å². The van der Waals surface area contributed by atoms with Crippen LogP contribution < -0.4 is 5.73 Å². The van der Waals surface area contributed by atoms with E-state index in [1.807, 2.05) is 6.07 Å². The van der Waals surface area contributed by atoms with E-state index in [0.29, 0.717) is 17.5 Å². The predicted octanol–water partition coefficient (Wildman–Crippen LogP) is 1.94. The molecule has 100 valence electrons. The van der Waals surface area contributed by atoms with Gasteiger partial charge in [0.25, 0.3) is 0 Å². The van der Waals surface area contributed by atoms with E-state index in [2.05, 4.69) is 4.98 Å². The van der Waals surface area contributed by atoms with Crippen LogP contribution in [0, 0.1) is 0 Å². The van der Waals surface area contributed by atoms with Crippen LogP contribution in [0.5, 0.6) is 0 Å². The Morgan fingerprint density at radius 2 is 2.00 bits per heavy atom. The lowest BCUT2D eigenvalue weighted by Gasteiger charge is -2.20. The fourth-order valence-electron chi connectivity index (χ4n) is 2.52. The second-order valence-electron chi connectivity index (χ2n) is 4.77. The van der Waals surface area contributed by atoms with Crippen molar-refractivity contribution in [1.82, 2.24) is 4.98 Å². The number of carbonyl (C=O) groups is 2. The van der Waals surface area contributed by atoms with Gasteiger partial charge in [0.05, 0.1) is 16.8 Å². The number of nitrogen functional groups attached to an aromatic ring is 1. The van der Waals surface area contributed by atoms with Crippen molar-refractivity contribution in [2.24, 2.45) is 0 Å². The van der Waals surface area contributed by atoms with Crippen LogP contribution in [0.25, 0.3) is 11.3 Å². The minimum Gasteiger partial charge on any atom is -0.478 e. The standard InChI is InChI=1S/C15H12N2O3/c16-14-11(7-18)5-9-3-1-8-2-4-10(15(19)20)6-12(8)13(9)17-14/h2,4-7H,1,3H2,(H2,16,17)(H,19,20). The molecule has 0 aliphatic heterocycles. The summed E-state index contributed by atoms with van der Waals surface area (Å²) in [6.07, 6.45) is 2.25. The number of carbonyl (C=O) groups excluding carboxylic acids is 1. The molecule has 1 aromatic carbocycles. The summed E-state index contributed by atoms with van der Waals surface area (Å²) in [6, 6.07) is 6.76. The molecule has 0 amide bonds. The lowest BCUT2D eigenvalue weighted by atomic mass is 9.87. The third kappa shape index (κ3) is 1.84. The third-order valence-corrected chi connectivity index (χ3v) is 3.56. The van der Waals surface area contributed by atoms with Crippen LogP contribution in [0.15, 0.2) is 24.3 Å². The number of rotatable bonds is 2. The van der Waals surface area contributed by atoms with E-state index in [-0.39, 0.29) is 11.4 Å². The van der Waals surface area contributed by atoms with E-state index in [4.69, 9.17) is 10.8 Å². The van der Waals surface area contributed by atoms with E-state index < -0.39 is 5.97 Å². The number of aromatic nitrogens is 1. The Morgan fingerprint density at radius 3 is 2.70 bits per heavy atom. The Labute approximate surface area is 115 Å². The monoisotopic (exact) mass is 268 g/mol. The molecular formula is C15H12N2O3. The SMILES string of the molecule is Nc1nc2c(cc1C=O)CCc1ccc(C(=O)O)cc1-2. The number of hydrogen-bond donors (Lipinski definition) is 2. The molecule has 0 saturated heterocycles. The third-order valence-electron chi connectivity index (χ3n) is 3.56. The Hall–Kier alpha value is -2.69. The van der Waals surface area contributed by atoms with Gasteiger partial charge in [0.1, 0.15) is 5.82 Å². The zero-order valence-electron chi connectivity index (χ0n) is 10.6. The number of hydrogen-bond acceptors (Lipinski definition) is 4. The first-order valence-corrected chi connectivity index (χ1v) is 6.21. The summed E-state index contributed by atoms with van der Waals surface area (Å²) >= 11 is 0. The van der Waals surface area contributed by atoms with Crippen LogP contribution in [-0.2, 0) is 12.8 Å². The highest BCUT2D eigenvalue weighted by molar-refractivity contribution is 5.91. The number of pyridine rings is 1. The molecule has 5 nitrogen and oxygen atoms in total. The lowest BCUT2D eigenvalue weighted by molar-refractivity contribution is 0.0696. The molecule has 0 saturated carbocycles. The summed E-state index contributed by atoms with van der Waals surface area (Å²) < 4.78 is 0. The first-order valence-electron chi connectivity index (χ1n) is 6.21. The summed E-state index contributed by atoms with van der Waals surface area (Å²) in [4.78, 5) is 26.3. The molecule has 1 aliphatic rings. The fraction of sp³-hybridized carbons (Fsp3) is 0.133. The van der Waals surface area contributed by atoms with Crippen LogP contribution in [0.4, 0.5) is 5.82 Å². The lowest BCUT2D eigenvalue weighted by Crippen LogP contribution is -2.10. The molecule has 0 bridgehead atoms. The van der Waals surface area contributed by atoms with Crippen molar-refractivity contribution in [3.8, 4) is 11.3 Å². The van der Waals surface area contributed by atoms with Gasteiger partial charge in [0.2, 0.25) is 0 Å². The van der Waals surface area contributed by atoms with E-state index >= 15 is 0 Å². The molecule has 2 aromatic rings. The zero-order valence-corrected chi connectivity index (χ0v) is 10.6. The number of carboxylic acids is 1. The van der Waals surface area contributed by atoms with Crippen molar-refractivity contribution >= 4 is 18.1 Å². The highest BCUT2D eigenvalue weighted by Gasteiger charge is 2.20. The van der Waals surface area contributed by atoms with Gasteiger partial charge in [-0.05, 0) is 42.2 Å². The number of aromatic carboxylic acids is 1. The molecule has 3 N–H and O–H groups in total. The molecule has 1 aliphatic carbocycles. The van der Waals surface area contributed by atoms with Crippen molar-refractivity contribution in [3.05, 3.63) is 46.5 Å². The molecule has 0 unspecified atom stereocenters. The molecule has 20 heavy (non-hydrogen) atoms. The number of aldehydes is 1. The molecule has 0 spiro atoms. The summed E-state index contributed by atoms with van der Waals surface area (Å²) in [7, 11) is 0. The normalized spacial score (nSPS) is 12.4. The average Bonchev–Trinajstić information content (AvgIpc) is 2.45. The van der Waals surface area contributed by atoms with E-state index in [0.717, 1.165) is 29.5 Å². The number of fused-ring (bicyclic) bond motifs is 3. The van der Waals surface area contributed by atoms with Gasteiger partial charge < -0.3 is 10.8 Å². The summed E-state index contributed by atoms with van der Waals surface area (Å²) in [5.41, 5.74) is 9.79. The van der Waals surface area contributed by atoms with Crippen molar-refractivity contribution < 1.29 is 14.7 Å². The van der Waals surface area contributed by atoms with E-state index in [1.54, 1.807) is 18.2 Å². The summed E-state index contributed by atoms with van der Waals surface area (Å²) in [5, 5.41) is 9.08. The molecular weight excluding hydrogens is 256 g/mol. The van der Waals surface area contributed by atoms with Gasteiger partial charge in [-0.1, -0.05) is 6.07 Å². The average molecular weight is 268 g/mol. The number of nitrogens with zero attached hydrogens (tertiary/aromatic N) is 1. The van der Waals surface area contributed by atoms with Gasteiger partial charge in [-0.15, -0.1) is 0 Å². The van der Waals surface area contributed by atoms with Crippen molar-refractivity contribution in [3.63, 3.8) is 0 Å². The quantitative estimate of drug-likeness (QED) is 0.812. The van der Waals surface area contributed by atoms with Gasteiger partial charge in [0, 0.05) is 5.56 Å². The van der Waals surface area contributed by atoms with Crippen LogP contribution in [0.1, 0.15) is 31.8 Å². The fourth-order valence-corrected chi connectivity index (χ4v) is 2.52. The maximum atomic E-state index is 11.1. The number of nitrogens with two attached hydrogens (primary N) is 1. The van der Waals surface area contributed by atoms with Crippen molar-refractivity contribution in [2.45, 2.75) is 12.8 Å². The number of benzene rings is 1. The van der Waals surface area contributed by atoms with Gasteiger partial charge >= 0.3 is 5.97 Å². The molecule has 0 radical (unpaired) electrons. The molecule has 1 heterocycles. The molecule has 0 atom stereocenters. The highest BCUT2D eigenvalue weighted by atomic mass is 16.4. The Kier molecular flexibility index (Phi) is 2.75.